The predicted molar refractivity (Wildman–Crippen MR) is 65.6 cm³/mol. The summed E-state index contributed by atoms with van der Waals surface area (Å²) in [6.45, 7) is 4.10. The summed E-state index contributed by atoms with van der Waals surface area (Å²) >= 11 is 3.23. The Balaban J connectivity index is 3.02. The van der Waals surface area contributed by atoms with Gasteiger partial charge in [0.25, 0.3) is 0 Å². The minimum atomic E-state index is -0.395. The number of nitrogens with zero attached hydrogens (tertiary/aromatic N) is 1. The van der Waals surface area contributed by atoms with Crippen molar-refractivity contribution in [1.29, 1.82) is 0 Å². The zero-order valence-corrected chi connectivity index (χ0v) is 10.5. The molecule has 0 saturated carbocycles. The summed E-state index contributed by atoms with van der Waals surface area (Å²) < 4.78 is 0. The number of aromatic nitrogens is 1. The highest BCUT2D eigenvalue weighted by atomic mass is 32.2. The standard InChI is InChI=1S/C10H14N2OS2/c1-3-14-8-5-7(10(11)13)6-9(12-8)15-4-2/h5-6H,3-4H2,1-2H3,(H2,11,13). The van der Waals surface area contributed by atoms with Crippen molar-refractivity contribution in [3.63, 3.8) is 0 Å². The van der Waals surface area contributed by atoms with Gasteiger partial charge in [-0.25, -0.2) is 4.98 Å². The van der Waals surface area contributed by atoms with Crippen LogP contribution in [0.15, 0.2) is 22.2 Å². The second-order valence-corrected chi connectivity index (χ2v) is 5.33. The van der Waals surface area contributed by atoms with Crippen LogP contribution in [-0.2, 0) is 0 Å². The van der Waals surface area contributed by atoms with Gasteiger partial charge < -0.3 is 5.73 Å². The molecule has 2 N–H and O–H groups in total. The van der Waals surface area contributed by atoms with Gasteiger partial charge in [-0.05, 0) is 23.6 Å². The Morgan fingerprint density at radius 1 is 1.27 bits per heavy atom. The number of nitrogens with two attached hydrogens (primary N) is 1. The van der Waals surface area contributed by atoms with Crippen molar-refractivity contribution >= 4 is 29.4 Å². The van der Waals surface area contributed by atoms with Gasteiger partial charge in [0.1, 0.15) is 0 Å². The van der Waals surface area contributed by atoms with Gasteiger partial charge >= 0.3 is 0 Å². The van der Waals surface area contributed by atoms with E-state index in [1.807, 2.05) is 0 Å². The molecule has 1 amide bonds. The summed E-state index contributed by atoms with van der Waals surface area (Å²) in [5.74, 6) is 1.48. The third kappa shape index (κ3) is 3.76. The van der Waals surface area contributed by atoms with Crippen LogP contribution in [0.3, 0.4) is 0 Å². The molecular weight excluding hydrogens is 228 g/mol. The summed E-state index contributed by atoms with van der Waals surface area (Å²) in [7, 11) is 0. The number of primary amides is 1. The molecule has 0 atom stereocenters. The average Bonchev–Trinajstić information content (AvgIpc) is 2.18. The van der Waals surface area contributed by atoms with Crippen molar-refractivity contribution in [2.75, 3.05) is 11.5 Å². The van der Waals surface area contributed by atoms with Crippen LogP contribution < -0.4 is 5.73 Å². The Hall–Kier alpha value is -0.680. The van der Waals surface area contributed by atoms with Crippen LogP contribution in [0.5, 0.6) is 0 Å². The Bertz CT molecular complexity index is 331. The Morgan fingerprint density at radius 3 is 2.07 bits per heavy atom. The van der Waals surface area contributed by atoms with E-state index in [0.29, 0.717) is 5.56 Å². The van der Waals surface area contributed by atoms with Crippen LogP contribution in [0.1, 0.15) is 24.2 Å². The zero-order valence-electron chi connectivity index (χ0n) is 8.82. The van der Waals surface area contributed by atoms with Gasteiger partial charge in [-0.15, -0.1) is 23.5 Å². The first kappa shape index (κ1) is 12.4. The maximum absolute atomic E-state index is 11.1. The van der Waals surface area contributed by atoms with Crippen LogP contribution in [0.4, 0.5) is 0 Å². The third-order valence-corrected chi connectivity index (χ3v) is 3.23. The second-order valence-electron chi connectivity index (χ2n) is 2.76. The van der Waals surface area contributed by atoms with Crippen molar-refractivity contribution in [2.24, 2.45) is 5.73 Å². The van der Waals surface area contributed by atoms with Crippen molar-refractivity contribution in [2.45, 2.75) is 23.9 Å². The Morgan fingerprint density at radius 2 is 1.73 bits per heavy atom. The van der Waals surface area contributed by atoms with Gasteiger partial charge in [0.15, 0.2) is 0 Å². The van der Waals surface area contributed by atoms with Gasteiger partial charge in [0.05, 0.1) is 10.1 Å². The van der Waals surface area contributed by atoms with Gasteiger partial charge in [-0.1, -0.05) is 13.8 Å². The summed E-state index contributed by atoms with van der Waals surface area (Å²) in [6, 6.07) is 3.49. The molecule has 15 heavy (non-hydrogen) atoms. The molecule has 0 fully saturated rings. The molecule has 0 spiro atoms. The van der Waals surface area contributed by atoms with Crippen molar-refractivity contribution in [3.05, 3.63) is 17.7 Å². The fourth-order valence-electron chi connectivity index (χ4n) is 1.07. The van der Waals surface area contributed by atoms with Gasteiger partial charge in [0.2, 0.25) is 5.91 Å². The molecule has 0 aliphatic rings. The van der Waals surface area contributed by atoms with E-state index in [9.17, 15) is 4.79 Å². The lowest BCUT2D eigenvalue weighted by atomic mass is 10.3. The Kier molecular flexibility index (Phi) is 4.98. The van der Waals surface area contributed by atoms with Crippen molar-refractivity contribution < 1.29 is 4.79 Å². The predicted octanol–water partition coefficient (Wildman–Crippen LogP) is 2.40. The lowest BCUT2D eigenvalue weighted by molar-refractivity contribution is 0.0999. The van der Waals surface area contributed by atoms with E-state index in [0.717, 1.165) is 21.6 Å². The fraction of sp³-hybridized carbons (Fsp3) is 0.400. The lowest BCUT2D eigenvalue weighted by Gasteiger charge is -2.04. The lowest BCUT2D eigenvalue weighted by Crippen LogP contribution is -2.11. The van der Waals surface area contributed by atoms with Crippen LogP contribution in [0.25, 0.3) is 0 Å². The number of hydrogen-bond acceptors (Lipinski definition) is 4. The topological polar surface area (TPSA) is 56.0 Å². The fourth-order valence-corrected chi connectivity index (χ4v) is 2.46. The SMILES string of the molecule is CCSc1cc(C(N)=O)cc(SCC)n1. The second kappa shape index (κ2) is 6.02. The van der Waals surface area contributed by atoms with Gasteiger partial charge in [-0.3, -0.25) is 4.79 Å². The number of carbonyl (C=O) groups excluding carboxylic acids is 1. The highest BCUT2D eigenvalue weighted by molar-refractivity contribution is 7.99. The van der Waals surface area contributed by atoms with Gasteiger partial charge in [-0.2, -0.15) is 0 Å². The number of thioether (sulfide) groups is 2. The van der Waals surface area contributed by atoms with E-state index in [4.69, 9.17) is 5.73 Å². The quantitative estimate of drug-likeness (QED) is 0.806. The maximum Gasteiger partial charge on any atom is 0.248 e. The van der Waals surface area contributed by atoms with E-state index >= 15 is 0 Å². The summed E-state index contributed by atoms with van der Waals surface area (Å²) in [4.78, 5) is 15.5. The molecule has 82 valence electrons. The number of hydrogen-bond donors (Lipinski definition) is 1. The highest BCUT2D eigenvalue weighted by Gasteiger charge is 2.06. The average molecular weight is 242 g/mol. The third-order valence-electron chi connectivity index (χ3n) is 1.65. The molecule has 1 rings (SSSR count). The first-order chi connectivity index (χ1) is 7.17. The molecule has 1 aromatic rings. The van der Waals surface area contributed by atoms with Crippen LogP contribution >= 0.6 is 23.5 Å². The molecule has 1 heterocycles. The molecule has 0 aliphatic heterocycles. The molecule has 5 heteroatoms. The molecule has 0 saturated heterocycles. The van der Waals surface area contributed by atoms with Crippen molar-refractivity contribution in [3.8, 4) is 0 Å². The van der Waals surface area contributed by atoms with Crippen LogP contribution in [0, 0.1) is 0 Å². The number of carbonyl (C=O) groups is 1. The van der Waals surface area contributed by atoms with E-state index in [-0.39, 0.29) is 0 Å². The van der Waals surface area contributed by atoms with E-state index in [1.165, 1.54) is 0 Å². The molecule has 0 radical (unpaired) electrons. The minimum absolute atomic E-state index is 0.395. The van der Waals surface area contributed by atoms with E-state index in [2.05, 4.69) is 18.8 Å². The van der Waals surface area contributed by atoms with Gasteiger partial charge in [0, 0.05) is 5.56 Å². The molecule has 3 nitrogen and oxygen atoms in total. The molecular formula is C10H14N2OS2. The first-order valence-corrected chi connectivity index (χ1v) is 6.72. The number of amides is 1. The summed E-state index contributed by atoms with van der Waals surface area (Å²) in [5.41, 5.74) is 5.80. The summed E-state index contributed by atoms with van der Waals surface area (Å²) in [5, 5.41) is 1.73. The smallest absolute Gasteiger partial charge is 0.248 e. The highest BCUT2D eigenvalue weighted by Crippen LogP contribution is 2.23. The molecule has 1 aromatic heterocycles. The van der Waals surface area contributed by atoms with Crippen LogP contribution in [0.2, 0.25) is 0 Å². The monoisotopic (exact) mass is 242 g/mol. The van der Waals surface area contributed by atoms with E-state index in [1.54, 1.807) is 35.7 Å². The van der Waals surface area contributed by atoms with E-state index < -0.39 is 5.91 Å². The zero-order chi connectivity index (χ0) is 11.3. The maximum atomic E-state index is 11.1. The van der Waals surface area contributed by atoms with Crippen LogP contribution in [-0.4, -0.2) is 22.4 Å². The molecule has 0 aliphatic carbocycles. The molecule has 0 aromatic carbocycles. The molecule has 0 unspecified atom stereocenters. The van der Waals surface area contributed by atoms with Crippen molar-refractivity contribution in [1.82, 2.24) is 4.98 Å². The Labute approximate surface area is 98.2 Å². The minimum Gasteiger partial charge on any atom is -0.366 e. The molecule has 0 bridgehead atoms. The number of rotatable bonds is 5. The largest absolute Gasteiger partial charge is 0.366 e. The first-order valence-electron chi connectivity index (χ1n) is 4.74. The normalized spacial score (nSPS) is 10.3. The summed E-state index contributed by atoms with van der Waals surface area (Å²) in [6.07, 6.45) is 0. The number of pyridine rings is 1.